The topological polar surface area (TPSA) is 92.5 Å². The lowest BCUT2D eigenvalue weighted by atomic mass is 10.1. The molecule has 1 amide bonds. The minimum absolute atomic E-state index is 0.0257. The van der Waals surface area contributed by atoms with Gasteiger partial charge in [0.1, 0.15) is 5.02 Å². The Labute approximate surface area is 109 Å². The first-order valence-corrected chi connectivity index (χ1v) is 5.73. The van der Waals surface area contributed by atoms with Gasteiger partial charge in [0.15, 0.2) is 0 Å². The van der Waals surface area contributed by atoms with Crippen molar-refractivity contribution in [2.75, 3.05) is 6.61 Å². The molecule has 98 valence electrons. The van der Waals surface area contributed by atoms with Crippen molar-refractivity contribution in [3.05, 3.63) is 38.9 Å². The fraction of sp³-hybridized carbons (Fsp3) is 0.364. The summed E-state index contributed by atoms with van der Waals surface area (Å²) in [5.41, 5.74) is -0.292. The maximum atomic E-state index is 11.8. The lowest BCUT2D eigenvalue weighted by Crippen LogP contribution is -2.37. The van der Waals surface area contributed by atoms with Gasteiger partial charge >= 0.3 is 0 Å². The van der Waals surface area contributed by atoms with E-state index in [9.17, 15) is 14.9 Å². The van der Waals surface area contributed by atoms with Crippen molar-refractivity contribution in [3.8, 4) is 0 Å². The zero-order valence-corrected chi connectivity index (χ0v) is 10.5. The molecule has 0 aliphatic carbocycles. The average molecular weight is 273 g/mol. The third kappa shape index (κ3) is 3.18. The number of nitro benzene ring substituents is 1. The Bertz CT molecular complexity index is 460. The number of carbonyl (C=O) groups excluding carboxylic acids is 1. The summed E-state index contributed by atoms with van der Waals surface area (Å²) in [6.45, 7) is 1.60. The van der Waals surface area contributed by atoms with E-state index in [0.717, 1.165) is 0 Å². The van der Waals surface area contributed by atoms with Crippen molar-refractivity contribution >= 4 is 23.2 Å². The Morgan fingerprint density at radius 3 is 2.78 bits per heavy atom. The zero-order chi connectivity index (χ0) is 13.7. The Morgan fingerprint density at radius 1 is 1.61 bits per heavy atom. The first-order chi connectivity index (χ1) is 8.51. The summed E-state index contributed by atoms with van der Waals surface area (Å²) in [7, 11) is 0. The largest absolute Gasteiger partial charge is 0.394 e. The van der Waals surface area contributed by atoms with Crippen LogP contribution in [0.25, 0.3) is 0 Å². The molecule has 2 N–H and O–H groups in total. The Balaban J connectivity index is 2.99. The second-order valence-electron chi connectivity index (χ2n) is 3.66. The molecule has 0 heterocycles. The molecular formula is C11H13ClN2O4. The number of halogens is 1. The van der Waals surface area contributed by atoms with Gasteiger partial charge in [0.2, 0.25) is 0 Å². The van der Waals surface area contributed by atoms with Gasteiger partial charge in [-0.3, -0.25) is 14.9 Å². The molecule has 6 nitrogen and oxygen atoms in total. The zero-order valence-electron chi connectivity index (χ0n) is 9.72. The van der Waals surface area contributed by atoms with Gasteiger partial charge < -0.3 is 10.4 Å². The first kappa shape index (κ1) is 14.4. The van der Waals surface area contributed by atoms with E-state index in [2.05, 4.69) is 5.32 Å². The van der Waals surface area contributed by atoms with Crippen molar-refractivity contribution in [3.63, 3.8) is 0 Å². The summed E-state index contributed by atoms with van der Waals surface area (Å²) in [6, 6.07) is 3.61. The van der Waals surface area contributed by atoms with Crippen LogP contribution < -0.4 is 5.32 Å². The summed E-state index contributed by atoms with van der Waals surface area (Å²) in [6.07, 6.45) is 0.550. The molecule has 0 fully saturated rings. The molecule has 0 aliphatic rings. The lowest BCUT2D eigenvalue weighted by Gasteiger charge is -2.14. The van der Waals surface area contributed by atoms with Gasteiger partial charge in [0.25, 0.3) is 11.6 Å². The van der Waals surface area contributed by atoms with E-state index >= 15 is 0 Å². The van der Waals surface area contributed by atoms with E-state index in [1.165, 1.54) is 18.2 Å². The molecule has 0 aliphatic heterocycles. The van der Waals surface area contributed by atoms with Gasteiger partial charge in [-0.15, -0.1) is 0 Å². The Kier molecular flexibility index (Phi) is 5.06. The van der Waals surface area contributed by atoms with E-state index in [4.69, 9.17) is 16.7 Å². The number of hydrogen-bond donors (Lipinski definition) is 2. The highest BCUT2D eigenvalue weighted by molar-refractivity contribution is 6.35. The smallest absolute Gasteiger partial charge is 0.288 e. The number of benzene rings is 1. The quantitative estimate of drug-likeness (QED) is 0.631. The SMILES string of the molecule is CC[C@@H](CO)NC(=O)c1cccc([N+](=O)[O-])c1Cl. The van der Waals surface area contributed by atoms with E-state index in [-0.39, 0.29) is 22.9 Å². The van der Waals surface area contributed by atoms with Crippen molar-refractivity contribution < 1.29 is 14.8 Å². The molecule has 1 atom stereocenters. The number of nitro groups is 1. The van der Waals surface area contributed by atoms with Gasteiger partial charge in [0, 0.05) is 6.07 Å². The molecule has 0 spiro atoms. The summed E-state index contributed by atoms with van der Waals surface area (Å²) in [5, 5.41) is 22.0. The molecule has 0 radical (unpaired) electrons. The average Bonchev–Trinajstić information content (AvgIpc) is 2.35. The van der Waals surface area contributed by atoms with Crippen molar-refractivity contribution in [2.45, 2.75) is 19.4 Å². The molecule has 0 saturated carbocycles. The molecule has 1 rings (SSSR count). The molecule has 0 saturated heterocycles. The number of aliphatic hydroxyl groups is 1. The molecule has 18 heavy (non-hydrogen) atoms. The van der Waals surface area contributed by atoms with Crippen LogP contribution in [0, 0.1) is 10.1 Å². The van der Waals surface area contributed by atoms with Crippen LogP contribution in [-0.2, 0) is 0 Å². The molecule has 1 aromatic rings. The number of hydrogen-bond acceptors (Lipinski definition) is 4. The Morgan fingerprint density at radius 2 is 2.28 bits per heavy atom. The minimum Gasteiger partial charge on any atom is -0.394 e. The molecule has 0 aromatic heterocycles. The molecule has 1 aromatic carbocycles. The summed E-state index contributed by atoms with van der Waals surface area (Å²) in [5.74, 6) is -0.537. The predicted molar refractivity (Wildman–Crippen MR) is 66.7 cm³/mol. The van der Waals surface area contributed by atoms with Gasteiger partial charge in [-0.05, 0) is 12.5 Å². The fourth-order valence-corrected chi connectivity index (χ4v) is 1.66. The molecular weight excluding hydrogens is 260 g/mol. The van der Waals surface area contributed by atoms with Gasteiger partial charge in [-0.1, -0.05) is 24.6 Å². The van der Waals surface area contributed by atoms with E-state index < -0.39 is 16.9 Å². The number of amides is 1. The standard InChI is InChI=1S/C11H13ClN2O4/c1-2-7(6-15)13-11(16)8-4-3-5-9(10(8)12)14(17)18/h3-5,7,15H,2,6H2,1H3,(H,13,16)/t7-/m0/s1. The normalized spacial score (nSPS) is 11.9. The highest BCUT2D eigenvalue weighted by Gasteiger charge is 2.21. The van der Waals surface area contributed by atoms with Crippen LogP contribution in [0.15, 0.2) is 18.2 Å². The second kappa shape index (κ2) is 6.32. The minimum atomic E-state index is -0.650. The summed E-state index contributed by atoms with van der Waals surface area (Å²) in [4.78, 5) is 21.9. The van der Waals surface area contributed by atoms with Crippen molar-refractivity contribution in [1.29, 1.82) is 0 Å². The lowest BCUT2D eigenvalue weighted by molar-refractivity contribution is -0.384. The van der Waals surface area contributed by atoms with E-state index in [1.807, 2.05) is 0 Å². The van der Waals surface area contributed by atoms with E-state index in [0.29, 0.717) is 6.42 Å². The van der Waals surface area contributed by atoms with Crippen LogP contribution in [0.5, 0.6) is 0 Å². The highest BCUT2D eigenvalue weighted by Crippen LogP contribution is 2.27. The van der Waals surface area contributed by atoms with Crippen LogP contribution in [0.1, 0.15) is 23.7 Å². The number of rotatable bonds is 5. The van der Waals surface area contributed by atoms with Crippen LogP contribution in [-0.4, -0.2) is 28.6 Å². The number of nitrogens with zero attached hydrogens (tertiary/aromatic N) is 1. The third-order valence-electron chi connectivity index (χ3n) is 2.47. The maximum absolute atomic E-state index is 11.8. The molecule has 0 bridgehead atoms. The second-order valence-corrected chi connectivity index (χ2v) is 4.03. The predicted octanol–water partition coefficient (Wildman–Crippen LogP) is 1.75. The maximum Gasteiger partial charge on any atom is 0.288 e. The van der Waals surface area contributed by atoms with Crippen LogP contribution in [0.2, 0.25) is 5.02 Å². The summed E-state index contributed by atoms with van der Waals surface area (Å²) >= 11 is 5.80. The van der Waals surface area contributed by atoms with Crippen LogP contribution in [0.3, 0.4) is 0 Å². The number of nitrogens with one attached hydrogen (secondary N) is 1. The fourth-order valence-electron chi connectivity index (χ4n) is 1.38. The van der Waals surface area contributed by atoms with Crippen LogP contribution in [0.4, 0.5) is 5.69 Å². The monoisotopic (exact) mass is 272 g/mol. The summed E-state index contributed by atoms with van der Waals surface area (Å²) < 4.78 is 0. The molecule has 7 heteroatoms. The van der Waals surface area contributed by atoms with Crippen molar-refractivity contribution in [1.82, 2.24) is 5.32 Å². The van der Waals surface area contributed by atoms with Crippen LogP contribution >= 0.6 is 11.6 Å². The third-order valence-corrected chi connectivity index (χ3v) is 2.87. The van der Waals surface area contributed by atoms with Gasteiger partial charge in [-0.2, -0.15) is 0 Å². The highest BCUT2D eigenvalue weighted by atomic mass is 35.5. The number of aliphatic hydroxyl groups excluding tert-OH is 1. The Hall–Kier alpha value is -1.66. The molecule has 0 unspecified atom stereocenters. The van der Waals surface area contributed by atoms with Gasteiger partial charge in [0.05, 0.1) is 23.1 Å². The first-order valence-electron chi connectivity index (χ1n) is 5.35. The number of carbonyl (C=O) groups is 1. The van der Waals surface area contributed by atoms with E-state index in [1.54, 1.807) is 6.92 Å². The van der Waals surface area contributed by atoms with Crippen molar-refractivity contribution in [2.24, 2.45) is 0 Å². The van der Waals surface area contributed by atoms with Gasteiger partial charge in [-0.25, -0.2) is 0 Å².